The van der Waals surface area contributed by atoms with Gasteiger partial charge in [-0.2, -0.15) is 13.2 Å². The number of nitrogens with one attached hydrogen (secondary N) is 1. The third-order valence-electron chi connectivity index (χ3n) is 3.57. The van der Waals surface area contributed by atoms with Crippen LogP contribution >= 0.6 is 0 Å². The summed E-state index contributed by atoms with van der Waals surface area (Å²) in [6.45, 7) is 0.341. The van der Waals surface area contributed by atoms with E-state index in [1.807, 2.05) is 0 Å². The lowest BCUT2D eigenvalue weighted by atomic mass is 10.1. The molecule has 0 aliphatic carbocycles. The van der Waals surface area contributed by atoms with E-state index in [1.165, 1.54) is 23.1 Å². The highest BCUT2D eigenvalue weighted by Crippen LogP contribution is 2.22. The first-order valence-electron chi connectivity index (χ1n) is 6.78. The molecule has 2 nitrogen and oxygen atoms in total. The van der Waals surface area contributed by atoms with E-state index >= 15 is 0 Å². The van der Waals surface area contributed by atoms with Crippen LogP contribution in [0.5, 0.6) is 0 Å². The highest BCUT2D eigenvalue weighted by Gasteiger charge is 2.34. The first-order chi connectivity index (χ1) is 9.85. The van der Waals surface area contributed by atoms with E-state index in [0.717, 1.165) is 0 Å². The van der Waals surface area contributed by atoms with Crippen molar-refractivity contribution in [3.05, 3.63) is 35.4 Å². The summed E-state index contributed by atoms with van der Waals surface area (Å²) in [6, 6.07) is 3.65. The molecule has 7 heteroatoms. The fourth-order valence-corrected chi connectivity index (χ4v) is 2.58. The Morgan fingerprint density at radius 3 is 2.48 bits per heavy atom. The van der Waals surface area contributed by atoms with Gasteiger partial charge in [0, 0.05) is 18.7 Å². The lowest BCUT2D eigenvalue weighted by Crippen LogP contribution is -2.33. The van der Waals surface area contributed by atoms with Gasteiger partial charge in [-0.3, -0.25) is 4.90 Å². The van der Waals surface area contributed by atoms with Gasteiger partial charge < -0.3 is 5.32 Å². The SMILES string of the molecule is Fc1cccc(F)c1CNCC1CCN(CC(F)(F)F)C1. The second-order valence-corrected chi connectivity index (χ2v) is 5.34. The minimum atomic E-state index is -4.18. The van der Waals surface area contributed by atoms with Gasteiger partial charge >= 0.3 is 6.18 Å². The Balaban J connectivity index is 1.75. The van der Waals surface area contributed by atoms with Crippen molar-refractivity contribution < 1.29 is 22.0 Å². The van der Waals surface area contributed by atoms with E-state index in [0.29, 0.717) is 26.1 Å². The van der Waals surface area contributed by atoms with Gasteiger partial charge in [-0.05, 0) is 37.6 Å². The third-order valence-corrected chi connectivity index (χ3v) is 3.57. The Kier molecular flexibility index (Phi) is 5.16. The van der Waals surface area contributed by atoms with Crippen LogP contribution in [0.15, 0.2) is 18.2 Å². The molecule has 21 heavy (non-hydrogen) atoms. The summed E-state index contributed by atoms with van der Waals surface area (Å²) in [5, 5.41) is 2.92. The van der Waals surface area contributed by atoms with Gasteiger partial charge in [0.05, 0.1) is 6.54 Å². The number of rotatable bonds is 5. The maximum atomic E-state index is 13.4. The van der Waals surface area contributed by atoms with Crippen LogP contribution in [-0.4, -0.2) is 37.3 Å². The minimum absolute atomic E-state index is 0.0360. The van der Waals surface area contributed by atoms with E-state index in [-0.39, 0.29) is 18.0 Å². The predicted octanol–water partition coefficient (Wildman–Crippen LogP) is 2.94. The van der Waals surface area contributed by atoms with Gasteiger partial charge in [0.15, 0.2) is 0 Å². The summed E-state index contributed by atoms with van der Waals surface area (Å²) in [5.41, 5.74) is -0.0392. The number of halogens is 5. The van der Waals surface area contributed by atoms with E-state index in [4.69, 9.17) is 0 Å². The van der Waals surface area contributed by atoms with Gasteiger partial charge in [-0.25, -0.2) is 8.78 Å². The van der Waals surface area contributed by atoms with Crippen LogP contribution in [0.3, 0.4) is 0 Å². The van der Waals surface area contributed by atoms with Crippen LogP contribution < -0.4 is 5.32 Å². The molecule has 1 aliphatic rings. The molecule has 1 fully saturated rings. The summed E-state index contributed by atoms with van der Waals surface area (Å²) < 4.78 is 63.5. The Hall–Kier alpha value is -1.21. The van der Waals surface area contributed by atoms with Crippen molar-refractivity contribution >= 4 is 0 Å². The maximum Gasteiger partial charge on any atom is 0.401 e. The number of nitrogens with zero attached hydrogens (tertiary/aromatic N) is 1. The highest BCUT2D eigenvalue weighted by molar-refractivity contribution is 5.19. The van der Waals surface area contributed by atoms with Crippen molar-refractivity contribution in [1.29, 1.82) is 0 Å². The molecule has 1 aliphatic heterocycles. The molecule has 1 saturated heterocycles. The van der Waals surface area contributed by atoms with Crippen LogP contribution in [0.1, 0.15) is 12.0 Å². The second-order valence-electron chi connectivity index (χ2n) is 5.34. The molecular formula is C14H17F5N2. The molecule has 2 rings (SSSR count). The van der Waals surface area contributed by atoms with E-state index in [2.05, 4.69) is 5.32 Å². The molecule has 0 aromatic heterocycles. The molecule has 0 amide bonds. The second kappa shape index (κ2) is 6.70. The van der Waals surface area contributed by atoms with E-state index < -0.39 is 24.4 Å². The molecule has 1 atom stereocenters. The molecule has 0 bridgehead atoms. The molecule has 0 spiro atoms. The fraction of sp³-hybridized carbons (Fsp3) is 0.571. The Bertz CT molecular complexity index is 455. The zero-order valence-electron chi connectivity index (χ0n) is 11.4. The monoisotopic (exact) mass is 308 g/mol. The summed E-state index contributed by atoms with van der Waals surface area (Å²) >= 11 is 0. The molecule has 118 valence electrons. The standard InChI is InChI=1S/C14H17F5N2/c15-12-2-1-3-13(16)11(12)7-20-6-10-4-5-21(8-10)9-14(17,18)19/h1-3,10,20H,4-9H2. The van der Waals surface area contributed by atoms with Gasteiger partial charge in [0.25, 0.3) is 0 Å². The van der Waals surface area contributed by atoms with Crippen molar-refractivity contribution in [1.82, 2.24) is 10.2 Å². The van der Waals surface area contributed by atoms with Gasteiger partial charge in [-0.15, -0.1) is 0 Å². The number of alkyl halides is 3. The molecule has 1 aromatic rings. The summed E-state index contributed by atoms with van der Waals surface area (Å²) in [6.07, 6.45) is -3.53. The number of likely N-dealkylation sites (tertiary alicyclic amines) is 1. The van der Waals surface area contributed by atoms with Gasteiger partial charge in [0.1, 0.15) is 11.6 Å². The molecule has 1 N–H and O–H groups in total. The van der Waals surface area contributed by atoms with Crippen molar-refractivity contribution in [2.75, 3.05) is 26.2 Å². The van der Waals surface area contributed by atoms with Crippen molar-refractivity contribution in [2.45, 2.75) is 19.1 Å². The first-order valence-corrected chi connectivity index (χ1v) is 6.78. The Labute approximate surface area is 119 Å². The topological polar surface area (TPSA) is 15.3 Å². The quantitative estimate of drug-likeness (QED) is 0.842. The van der Waals surface area contributed by atoms with Crippen LogP contribution in [-0.2, 0) is 6.54 Å². The Morgan fingerprint density at radius 1 is 1.19 bits per heavy atom. The summed E-state index contributed by atoms with van der Waals surface area (Å²) in [4.78, 5) is 1.36. The lowest BCUT2D eigenvalue weighted by molar-refractivity contribution is -0.143. The lowest BCUT2D eigenvalue weighted by Gasteiger charge is -2.18. The number of hydrogen-bond acceptors (Lipinski definition) is 2. The first kappa shape index (κ1) is 16.2. The summed E-state index contributed by atoms with van der Waals surface area (Å²) in [5.74, 6) is -1.16. The maximum absolute atomic E-state index is 13.4. The van der Waals surface area contributed by atoms with Gasteiger partial charge in [0.2, 0.25) is 0 Å². The number of hydrogen-bond donors (Lipinski definition) is 1. The predicted molar refractivity (Wildman–Crippen MR) is 68.7 cm³/mol. The Morgan fingerprint density at radius 2 is 1.86 bits per heavy atom. The fourth-order valence-electron chi connectivity index (χ4n) is 2.58. The molecule has 0 radical (unpaired) electrons. The largest absolute Gasteiger partial charge is 0.401 e. The molecular weight excluding hydrogens is 291 g/mol. The van der Waals surface area contributed by atoms with Crippen LogP contribution in [0.4, 0.5) is 22.0 Å². The smallest absolute Gasteiger partial charge is 0.312 e. The third kappa shape index (κ3) is 4.93. The summed E-state index contributed by atoms with van der Waals surface area (Å²) in [7, 11) is 0. The molecule has 1 aromatic carbocycles. The molecule has 1 unspecified atom stereocenters. The highest BCUT2D eigenvalue weighted by atomic mass is 19.4. The number of benzene rings is 1. The van der Waals surface area contributed by atoms with Crippen molar-refractivity contribution in [3.63, 3.8) is 0 Å². The van der Waals surface area contributed by atoms with E-state index in [1.54, 1.807) is 0 Å². The average molecular weight is 308 g/mol. The van der Waals surface area contributed by atoms with Crippen LogP contribution in [0, 0.1) is 17.6 Å². The molecule has 1 heterocycles. The minimum Gasteiger partial charge on any atom is -0.312 e. The van der Waals surface area contributed by atoms with Gasteiger partial charge in [-0.1, -0.05) is 6.07 Å². The average Bonchev–Trinajstić information content (AvgIpc) is 2.78. The zero-order valence-corrected chi connectivity index (χ0v) is 11.4. The van der Waals surface area contributed by atoms with Crippen LogP contribution in [0.25, 0.3) is 0 Å². The zero-order chi connectivity index (χ0) is 15.5. The van der Waals surface area contributed by atoms with Crippen LogP contribution in [0.2, 0.25) is 0 Å². The molecule has 0 saturated carbocycles. The van der Waals surface area contributed by atoms with E-state index in [9.17, 15) is 22.0 Å². The van der Waals surface area contributed by atoms with Crippen molar-refractivity contribution in [2.24, 2.45) is 5.92 Å². The normalized spacial score (nSPS) is 20.1. The van der Waals surface area contributed by atoms with Crippen molar-refractivity contribution in [3.8, 4) is 0 Å².